The summed E-state index contributed by atoms with van der Waals surface area (Å²) in [5, 5.41) is 10.6. The van der Waals surface area contributed by atoms with Crippen molar-refractivity contribution in [3.63, 3.8) is 0 Å². The van der Waals surface area contributed by atoms with E-state index >= 15 is 0 Å². The van der Waals surface area contributed by atoms with E-state index in [1.807, 2.05) is 0 Å². The lowest BCUT2D eigenvalue weighted by Gasteiger charge is -2.21. The molecule has 0 saturated heterocycles. The molecule has 0 aliphatic heterocycles. The van der Waals surface area contributed by atoms with Gasteiger partial charge in [0.2, 0.25) is 0 Å². The third-order valence-electron chi connectivity index (χ3n) is 19.0. The summed E-state index contributed by atoms with van der Waals surface area (Å²) in [6.07, 6.45) is 58.4. The first-order chi connectivity index (χ1) is 47.8. The summed E-state index contributed by atoms with van der Waals surface area (Å²) in [7, 11) is -9.91. The highest BCUT2D eigenvalue weighted by molar-refractivity contribution is 7.47. The van der Waals surface area contributed by atoms with Gasteiger partial charge in [0, 0.05) is 25.7 Å². The number of ether oxygens (including phenoxy) is 4. The summed E-state index contributed by atoms with van der Waals surface area (Å²) in [6, 6.07) is 0. The van der Waals surface area contributed by atoms with Crippen molar-refractivity contribution in [2.45, 2.75) is 433 Å². The number of rotatable bonds is 78. The Balaban J connectivity index is 5.20. The third-order valence-corrected chi connectivity index (χ3v) is 20.9. The number of carbonyl (C=O) groups is 4. The van der Waals surface area contributed by atoms with Gasteiger partial charge >= 0.3 is 39.5 Å². The average Bonchev–Trinajstić information content (AvgIpc) is 1.23. The normalized spacial score (nSPS) is 14.3. The van der Waals surface area contributed by atoms with Crippen molar-refractivity contribution in [2.24, 2.45) is 17.8 Å². The first kappa shape index (κ1) is 97.1. The zero-order chi connectivity index (χ0) is 73.0. The molecule has 0 rings (SSSR count). The quantitative estimate of drug-likeness (QED) is 0.0222. The number of unbranched alkanes of at least 4 members (excludes halogenated alkanes) is 45. The fraction of sp³-hybridized carbons (Fsp3) is 0.950. The molecule has 0 aromatic rings. The Morgan fingerprint density at radius 3 is 0.768 bits per heavy atom. The number of hydrogen-bond acceptors (Lipinski definition) is 15. The number of phosphoric ester groups is 2. The Bertz CT molecular complexity index is 1920. The van der Waals surface area contributed by atoms with Crippen LogP contribution in [0.25, 0.3) is 0 Å². The molecule has 99 heavy (non-hydrogen) atoms. The van der Waals surface area contributed by atoms with Gasteiger partial charge in [-0.05, 0) is 43.4 Å². The molecule has 0 aromatic carbocycles. The largest absolute Gasteiger partial charge is 0.472 e. The number of phosphoric acid groups is 2. The zero-order valence-corrected chi connectivity index (χ0v) is 66.8. The second-order valence-corrected chi connectivity index (χ2v) is 32.9. The van der Waals surface area contributed by atoms with Crippen molar-refractivity contribution in [1.29, 1.82) is 0 Å². The van der Waals surface area contributed by atoms with Crippen molar-refractivity contribution in [3.05, 3.63) is 0 Å². The maximum atomic E-state index is 13.1. The molecular formula is C80H156O17P2. The second-order valence-electron chi connectivity index (χ2n) is 30.0. The molecule has 0 heterocycles. The lowest BCUT2D eigenvalue weighted by Crippen LogP contribution is -2.30. The predicted octanol–water partition coefficient (Wildman–Crippen LogP) is 23.7. The van der Waals surface area contributed by atoms with E-state index in [1.165, 1.54) is 225 Å². The van der Waals surface area contributed by atoms with E-state index in [0.717, 1.165) is 108 Å². The molecule has 588 valence electrons. The van der Waals surface area contributed by atoms with Crippen LogP contribution in [0.1, 0.15) is 414 Å². The minimum absolute atomic E-state index is 0.104. The number of hydrogen-bond donors (Lipinski definition) is 3. The molecule has 0 amide bonds. The highest BCUT2D eigenvalue weighted by Crippen LogP contribution is 2.45. The maximum Gasteiger partial charge on any atom is 0.472 e. The summed E-state index contributed by atoms with van der Waals surface area (Å²) >= 11 is 0. The minimum atomic E-state index is -4.96. The summed E-state index contributed by atoms with van der Waals surface area (Å²) < 4.78 is 68.6. The van der Waals surface area contributed by atoms with Gasteiger partial charge in [-0.1, -0.05) is 363 Å². The number of esters is 4. The molecule has 0 spiro atoms. The fourth-order valence-corrected chi connectivity index (χ4v) is 13.9. The summed E-state index contributed by atoms with van der Waals surface area (Å²) in [5.41, 5.74) is 0. The molecule has 6 atom stereocenters. The molecule has 0 aromatic heterocycles. The average molecular weight is 1450 g/mol. The van der Waals surface area contributed by atoms with Crippen molar-refractivity contribution < 1.29 is 80.2 Å². The molecule has 0 bridgehead atoms. The van der Waals surface area contributed by atoms with Crippen LogP contribution < -0.4 is 0 Å². The van der Waals surface area contributed by atoms with Crippen LogP contribution in [0, 0.1) is 17.8 Å². The lowest BCUT2D eigenvalue weighted by molar-refractivity contribution is -0.161. The molecule has 0 aliphatic rings. The number of aliphatic hydroxyl groups excluding tert-OH is 1. The summed E-state index contributed by atoms with van der Waals surface area (Å²) in [6.45, 7) is 12.0. The Hall–Kier alpha value is -1.94. The maximum absolute atomic E-state index is 13.1. The molecule has 3 unspecified atom stereocenters. The minimum Gasteiger partial charge on any atom is -0.462 e. The smallest absolute Gasteiger partial charge is 0.462 e. The van der Waals surface area contributed by atoms with Crippen LogP contribution in [0.15, 0.2) is 0 Å². The van der Waals surface area contributed by atoms with Gasteiger partial charge in [0.15, 0.2) is 12.2 Å². The second kappa shape index (κ2) is 70.4. The molecule has 17 nitrogen and oxygen atoms in total. The first-order valence-corrected chi connectivity index (χ1v) is 44.4. The van der Waals surface area contributed by atoms with Crippen LogP contribution in [0.3, 0.4) is 0 Å². The SMILES string of the molecule is CCCCCCCCCCCC(=O)OC[C@H](COP(=O)(O)OC[C@H](O)COP(=O)(O)OC[C@@H](COC(=O)CCCCCCCCCCCCCCCCC(C)CC)OC(=O)CCCCCCCCCCCCCCCCCCCCC(C)C)OC(=O)CCCCCCCCCCC(C)C. The van der Waals surface area contributed by atoms with E-state index in [1.54, 1.807) is 0 Å². The lowest BCUT2D eigenvalue weighted by atomic mass is 9.99. The van der Waals surface area contributed by atoms with Gasteiger partial charge in [-0.25, -0.2) is 9.13 Å². The van der Waals surface area contributed by atoms with Crippen molar-refractivity contribution >= 4 is 39.5 Å². The van der Waals surface area contributed by atoms with Crippen LogP contribution in [0.5, 0.6) is 0 Å². The van der Waals surface area contributed by atoms with E-state index in [-0.39, 0.29) is 25.7 Å². The van der Waals surface area contributed by atoms with Gasteiger partial charge in [0.1, 0.15) is 19.3 Å². The first-order valence-electron chi connectivity index (χ1n) is 41.4. The molecule has 0 radical (unpaired) electrons. The van der Waals surface area contributed by atoms with Crippen LogP contribution in [-0.2, 0) is 65.4 Å². The van der Waals surface area contributed by atoms with Crippen LogP contribution >= 0.6 is 15.6 Å². The Morgan fingerprint density at radius 1 is 0.293 bits per heavy atom. The van der Waals surface area contributed by atoms with E-state index in [4.69, 9.17) is 37.0 Å². The predicted molar refractivity (Wildman–Crippen MR) is 405 cm³/mol. The van der Waals surface area contributed by atoms with Crippen LogP contribution in [-0.4, -0.2) is 96.7 Å². The van der Waals surface area contributed by atoms with E-state index in [2.05, 4.69) is 48.5 Å². The van der Waals surface area contributed by atoms with Crippen LogP contribution in [0.2, 0.25) is 0 Å². The monoisotopic (exact) mass is 1450 g/mol. The zero-order valence-electron chi connectivity index (χ0n) is 65.0. The Kier molecular flexibility index (Phi) is 69.0. The van der Waals surface area contributed by atoms with E-state index in [0.29, 0.717) is 25.7 Å². The third kappa shape index (κ3) is 72.8. The fourth-order valence-electron chi connectivity index (χ4n) is 12.3. The van der Waals surface area contributed by atoms with Gasteiger partial charge in [0.25, 0.3) is 0 Å². The van der Waals surface area contributed by atoms with Crippen molar-refractivity contribution in [2.75, 3.05) is 39.6 Å². The van der Waals surface area contributed by atoms with E-state index in [9.17, 15) is 43.2 Å². The van der Waals surface area contributed by atoms with Crippen molar-refractivity contribution in [3.8, 4) is 0 Å². The van der Waals surface area contributed by atoms with Gasteiger partial charge in [-0.3, -0.25) is 37.3 Å². The number of aliphatic hydroxyl groups is 1. The summed E-state index contributed by atoms with van der Waals surface area (Å²) in [4.78, 5) is 72.9. The molecule has 0 fully saturated rings. The topological polar surface area (TPSA) is 237 Å². The Labute approximate surface area is 607 Å². The van der Waals surface area contributed by atoms with Gasteiger partial charge in [-0.2, -0.15) is 0 Å². The number of carbonyl (C=O) groups excluding carboxylic acids is 4. The van der Waals surface area contributed by atoms with Gasteiger partial charge in [-0.15, -0.1) is 0 Å². The van der Waals surface area contributed by atoms with Gasteiger partial charge < -0.3 is 33.8 Å². The standard InChI is InChI=1S/C80H156O17P2/c1-8-10-11-12-13-30-40-47-54-61-77(82)90-67-76(97-80(85)64-57-50-43-36-35-38-45-52-59-72(5)6)70-95-99(88,89)93-66-74(81)65-92-98(86,87)94-69-75(68-91-78(83)62-55-48-41-33-28-24-21-20-23-27-32-39-46-53-60-73(7)9-2)96-79(84)63-56-49-42-34-29-25-19-17-15-14-16-18-22-26-31-37-44-51-58-71(3)4/h71-76,81H,8-70H2,1-7H3,(H,86,87)(H,88,89)/t73?,74-,75-,76-/m1/s1. The highest BCUT2D eigenvalue weighted by atomic mass is 31.2. The highest BCUT2D eigenvalue weighted by Gasteiger charge is 2.30. The van der Waals surface area contributed by atoms with Crippen molar-refractivity contribution in [1.82, 2.24) is 0 Å². The van der Waals surface area contributed by atoms with Gasteiger partial charge in [0.05, 0.1) is 26.4 Å². The molecule has 0 aliphatic carbocycles. The van der Waals surface area contributed by atoms with E-state index < -0.39 is 97.5 Å². The Morgan fingerprint density at radius 2 is 0.515 bits per heavy atom. The molecule has 0 saturated carbocycles. The molecule has 3 N–H and O–H groups in total. The molecular weight excluding hydrogens is 1290 g/mol. The summed E-state index contributed by atoms with van der Waals surface area (Å²) in [5.74, 6) is 0.273. The van der Waals surface area contributed by atoms with Crippen LogP contribution in [0.4, 0.5) is 0 Å². The molecule has 19 heteroatoms.